The van der Waals surface area contributed by atoms with Gasteiger partial charge in [-0.15, -0.1) is 0 Å². The van der Waals surface area contributed by atoms with Crippen LogP contribution in [0.5, 0.6) is 0 Å². The molecule has 0 aliphatic heterocycles. The van der Waals surface area contributed by atoms with Crippen molar-refractivity contribution in [2.24, 2.45) is 0 Å². The molecule has 0 amide bonds. The van der Waals surface area contributed by atoms with Gasteiger partial charge in [0, 0.05) is 6.20 Å². The highest BCUT2D eigenvalue weighted by molar-refractivity contribution is 7.93. The minimum atomic E-state index is -3.77. The molecule has 2 aromatic carbocycles. The quantitative estimate of drug-likeness (QED) is 0.570. The van der Waals surface area contributed by atoms with E-state index in [4.69, 9.17) is 0 Å². The van der Waals surface area contributed by atoms with Crippen molar-refractivity contribution in [3.63, 3.8) is 0 Å². The predicted octanol–water partition coefficient (Wildman–Crippen LogP) is 3.05. The summed E-state index contributed by atoms with van der Waals surface area (Å²) in [6, 6.07) is 13.0. The van der Waals surface area contributed by atoms with Crippen LogP contribution in [0.25, 0.3) is 11.0 Å². The van der Waals surface area contributed by atoms with E-state index in [1.807, 2.05) is 31.2 Å². The number of sulfonamides is 1. The zero-order valence-electron chi connectivity index (χ0n) is 13.8. The summed E-state index contributed by atoms with van der Waals surface area (Å²) in [4.78, 5) is 0.107. The molecule has 2 heterocycles. The lowest BCUT2D eigenvalue weighted by atomic mass is 10.1. The average Bonchev–Trinajstić information content (AvgIpc) is 3.25. The standard InChI is InChI=1S/C17H15N5O2S2/c1-12-5-7-13(8-6-12)10-22-11-14(9-18-22)21-26(23,24)16-4-2-3-15-17(16)20-25-19-15/h2-9,11,21H,10H2,1H3. The number of fused-ring (bicyclic) bond motifs is 1. The lowest BCUT2D eigenvalue weighted by Gasteiger charge is -2.06. The molecule has 0 saturated carbocycles. The third kappa shape index (κ3) is 3.31. The summed E-state index contributed by atoms with van der Waals surface area (Å²) in [6.45, 7) is 2.59. The van der Waals surface area contributed by atoms with Crippen LogP contribution < -0.4 is 4.72 Å². The topological polar surface area (TPSA) is 89.8 Å². The molecule has 9 heteroatoms. The second-order valence-corrected chi connectivity index (χ2v) is 8.09. The van der Waals surface area contributed by atoms with Gasteiger partial charge >= 0.3 is 0 Å². The van der Waals surface area contributed by atoms with Crippen LogP contribution in [0.2, 0.25) is 0 Å². The molecule has 4 aromatic rings. The first-order valence-corrected chi connectivity index (χ1v) is 10.0. The van der Waals surface area contributed by atoms with Gasteiger partial charge in [0.1, 0.15) is 15.9 Å². The minimum Gasteiger partial charge on any atom is -0.276 e. The number of nitrogens with zero attached hydrogens (tertiary/aromatic N) is 4. The fourth-order valence-corrected chi connectivity index (χ4v) is 4.39. The summed E-state index contributed by atoms with van der Waals surface area (Å²) in [7, 11) is -3.77. The van der Waals surface area contributed by atoms with Crippen LogP contribution in [0, 0.1) is 6.92 Å². The molecule has 7 nitrogen and oxygen atoms in total. The molecule has 26 heavy (non-hydrogen) atoms. The number of benzene rings is 2. The molecular weight excluding hydrogens is 370 g/mol. The van der Waals surface area contributed by atoms with Crippen molar-refractivity contribution in [2.75, 3.05) is 4.72 Å². The van der Waals surface area contributed by atoms with E-state index in [1.165, 1.54) is 17.8 Å². The first kappa shape index (κ1) is 16.7. The second kappa shape index (κ2) is 6.50. The Labute approximate surface area is 154 Å². The zero-order valence-corrected chi connectivity index (χ0v) is 15.5. The largest absolute Gasteiger partial charge is 0.276 e. The van der Waals surface area contributed by atoms with Gasteiger partial charge in [-0.25, -0.2) is 8.42 Å². The van der Waals surface area contributed by atoms with E-state index in [0.29, 0.717) is 23.3 Å². The van der Waals surface area contributed by atoms with E-state index in [0.717, 1.165) is 17.3 Å². The smallest absolute Gasteiger partial charge is 0.264 e. The maximum Gasteiger partial charge on any atom is 0.264 e. The van der Waals surface area contributed by atoms with Gasteiger partial charge < -0.3 is 0 Å². The fraction of sp³-hybridized carbons (Fsp3) is 0.118. The number of aryl methyl sites for hydroxylation is 1. The van der Waals surface area contributed by atoms with Crippen LogP contribution in [-0.2, 0) is 16.6 Å². The van der Waals surface area contributed by atoms with Crippen LogP contribution in [0.1, 0.15) is 11.1 Å². The van der Waals surface area contributed by atoms with Crippen molar-refractivity contribution in [3.8, 4) is 0 Å². The minimum absolute atomic E-state index is 0.107. The Kier molecular flexibility index (Phi) is 4.17. The van der Waals surface area contributed by atoms with Crippen LogP contribution in [0.4, 0.5) is 5.69 Å². The van der Waals surface area contributed by atoms with Crippen LogP contribution >= 0.6 is 11.7 Å². The van der Waals surface area contributed by atoms with Crippen molar-refractivity contribution in [2.45, 2.75) is 18.4 Å². The van der Waals surface area contributed by atoms with E-state index >= 15 is 0 Å². The highest BCUT2D eigenvalue weighted by atomic mass is 32.2. The Bertz CT molecular complexity index is 1160. The van der Waals surface area contributed by atoms with Crippen molar-refractivity contribution >= 4 is 38.5 Å². The number of hydrogen-bond donors (Lipinski definition) is 1. The fourth-order valence-electron chi connectivity index (χ4n) is 2.59. The normalized spacial score (nSPS) is 11.7. The maximum atomic E-state index is 12.7. The highest BCUT2D eigenvalue weighted by Gasteiger charge is 2.20. The van der Waals surface area contributed by atoms with Gasteiger partial charge in [-0.1, -0.05) is 35.9 Å². The van der Waals surface area contributed by atoms with Gasteiger partial charge in [0.05, 0.1) is 30.2 Å². The second-order valence-electron chi connectivity index (χ2n) is 5.91. The first-order valence-electron chi connectivity index (χ1n) is 7.83. The first-order chi connectivity index (χ1) is 12.5. The van der Waals surface area contributed by atoms with Crippen LogP contribution in [0.3, 0.4) is 0 Å². The summed E-state index contributed by atoms with van der Waals surface area (Å²) in [5.41, 5.74) is 3.61. The van der Waals surface area contributed by atoms with Crippen molar-refractivity contribution in [1.29, 1.82) is 0 Å². The number of anilines is 1. The molecule has 0 bridgehead atoms. The molecule has 0 spiro atoms. The Morgan fingerprint density at radius 1 is 1.12 bits per heavy atom. The number of hydrogen-bond acceptors (Lipinski definition) is 6. The molecule has 4 rings (SSSR count). The van der Waals surface area contributed by atoms with Gasteiger partial charge in [-0.3, -0.25) is 9.40 Å². The van der Waals surface area contributed by atoms with Gasteiger partial charge in [0.2, 0.25) is 0 Å². The molecule has 0 aliphatic rings. The summed E-state index contributed by atoms with van der Waals surface area (Å²) >= 11 is 0.987. The molecular formula is C17H15N5O2S2. The van der Waals surface area contributed by atoms with Crippen molar-refractivity contribution in [3.05, 3.63) is 66.0 Å². The Morgan fingerprint density at radius 3 is 2.73 bits per heavy atom. The molecule has 0 saturated heterocycles. The van der Waals surface area contributed by atoms with E-state index in [-0.39, 0.29) is 4.90 Å². The molecule has 132 valence electrons. The lowest BCUT2D eigenvalue weighted by molar-refractivity contribution is 0.602. The monoisotopic (exact) mass is 385 g/mol. The average molecular weight is 385 g/mol. The van der Waals surface area contributed by atoms with Crippen LogP contribution in [-0.4, -0.2) is 26.9 Å². The van der Waals surface area contributed by atoms with Crippen molar-refractivity contribution in [1.82, 2.24) is 18.5 Å². The number of rotatable bonds is 5. The molecule has 0 fully saturated rings. The number of nitrogens with one attached hydrogen (secondary N) is 1. The highest BCUT2D eigenvalue weighted by Crippen LogP contribution is 2.23. The Morgan fingerprint density at radius 2 is 1.92 bits per heavy atom. The summed E-state index contributed by atoms with van der Waals surface area (Å²) < 4.78 is 37.8. The van der Waals surface area contributed by atoms with E-state index in [2.05, 4.69) is 18.6 Å². The third-order valence-corrected chi connectivity index (χ3v) is 5.84. The van der Waals surface area contributed by atoms with E-state index in [1.54, 1.807) is 23.0 Å². The molecule has 0 radical (unpaired) electrons. The Balaban J connectivity index is 1.56. The summed E-state index contributed by atoms with van der Waals surface area (Å²) in [6.07, 6.45) is 3.15. The molecule has 2 aromatic heterocycles. The van der Waals surface area contributed by atoms with Gasteiger partial charge in [-0.05, 0) is 24.6 Å². The summed E-state index contributed by atoms with van der Waals surface area (Å²) in [5.74, 6) is 0. The SMILES string of the molecule is Cc1ccc(Cn2cc(NS(=O)(=O)c3cccc4nsnc34)cn2)cc1. The number of aromatic nitrogens is 4. The molecule has 0 aliphatic carbocycles. The molecule has 0 atom stereocenters. The van der Waals surface area contributed by atoms with E-state index < -0.39 is 10.0 Å². The van der Waals surface area contributed by atoms with E-state index in [9.17, 15) is 8.42 Å². The van der Waals surface area contributed by atoms with Gasteiger partial charge in [0.25, 0.3) is 10.0 Å². The van der Waals surface area contributed by atoms with Crippen LogP contribution in [0.15, 0.2) is 59.8 Å². The lowest BCUT2D eigenvalue weighted by Crippen LogP contribution is -2.13. The zero-order chi connectivity index (χ0) is 18.1. The summed E-state index contributed by atoms with van der Waals surface area (Å²) in [5, 5.41) is 4.23. The molecule has 0 unspecified atom stereocenters. The van der Waals surface area contributed by atoms with Gasteiger partial charge in [0.15, 0.2) is 0 Å². The maximum absolute atomic E-state index is 12.7. The van der Waals surface area contributed by atoms with Crippen molar-refractivity contribution < 1.29 is 8.42 Å². The Hall–Kier alpha value is -2.78. The molecule has 1 N–H and O–H groups in total. The predicted molar refractivity (Wildman–Crippen MR) is 101 cm³/mol. The van der Waals surface area contributed by atoms with Gasteiger partial charge in [-0.2, -0.15) is 13.8 Å². The third-order valence-electron chi connectivity index (χ3n) is 3.89.